The third-order valence-corrected chi connectivity index (χ3v) is 2.08. The maximum atomic E-state index is 9.26. The lowest BCUT2D eigenvalue weighted by molar-refractivity contribution is 0.444. The van der Waals surface area contributed by atoms with E-state index in [1.165, 1.54) is 6.07 Å². The summed E-state index contributed by atoms with van der Waals surface area (Å²) < 4.78 is 0. The van der Waals surface area contributed by atoms with E-state index in [1.807, 2.05) is 0 Å². The van der Waals surface area contributed by atoms with Gasteiger partial charge in [0.1, 0.15) is 11.5 Å². The minimum Gasteiger partial charge on any atom is -0.508 e. The summed E-state index contributed by atoms with van der Waals surface area (Å²) in [6, 6.07) is 4.35. The van der Waals surface area contributed by atoms with E-state index in [9.17, 15) is 10.2 Å². The highest BCUT2D eigenvalue weighted by molar-refractivity contribution is 5.37. The Balaban J connectivity index is 2.84. The van der Waals surface area contributed by atoms with Gasteiger partial charge in [-0.15, -0.1) is 0 Å². The predicted molar refractivity (Wildman–Crippen MR) is 56.2 cm³/mol. The highest BCUT2D eigenvalue weighted by atomic mass is 16.3. The summed E-state index contributed by atoms with van der Waals surface area (Å²) in [6.07, 6.45) is 0.836. The van der Waals surface area contributed by atoms with Crippen molar-refractivity contribution in [3.8, 4) is 11.5 Å². The molecule has 0 radical (unpaired) electrons. The van der Waals surface area contributed by atoms with Crippen molar-refractivity contribution in [1.29, 1.82) is 0 Å². The van der Waals surface area contributed by atoms with Gasteiger partial charge in [0.2, 0.25) is 0 Å². The third-order valence-electron chi connectivity index (χ3n) is 2.08. The van der Waals surface area contributed by atoms with Crippen LogP contribution in [-0.2, 0) is 0 Å². The minimum absolute atomic E-state index is 0.0548. The first-order chi connectivity index (χ1) is 6.49. The number of hydrogen-bond donors (Lipinski definition) is 3. The van der Waals surface area contributed by atoms with Gasteiger partial charge in [-0.1, -0.05) is 13.8 Å². The van der Waals surface area contributed by atoms with E-state index in [2.05, 4.69) is 13.8 Å². The van der Waals surface area contributed by atoms with Crippen molar-refractivity contribution >= 4 is 0 Å². The average Bonchev–Trinajstić information content (AvgIpc) is 2.00. The number of benzene rings is 1. The molecule has 0 fully saturated rings. The summed E-state index contributed by atoms with van der Waals surface area (Å²) in [7, 11) is 0. The molecule has 0 unspecified atom stereocenters. The lowest BCUT2D eigenvalue weighted by Crippen LogP contribution is -2.12. The van der Waals surface area contributed by atoms with Gasteiger partial charge >= 0.3 is 0 Å². The van der Waals surface area contributed by atoms with Crippen molar-refractivity contribution in [1.82, 2.24) is 0 Å². The van der Waals surface area contributed by atoms with Crippen LogP contribution in [0.15, 0.2) is 18.2 Å². The number of aromatic hydroxyl groups is 2. The molecular weight excluding hydrogens is 178 g/mol. The fourth-order valence-electron chi connectivity index (χ4n) is 1.48. The number of nitrogens with two attached hydrogens (primary N) is 1. The lowest BCUT2D eigenvalue weighted by atomic mass is 9.97. The molecule has 1 rings (SSSR count). The molecule has 0 saturated carbocycles. The van der Waals surface area contributed by atoms with Crippen LogP contribution in [0.5, 0.6) is 11.5 Å². The Labute approximate surface area is 84.2 Å². The second kappa shape index (κ2) is 4.33. The summed E-state index contributed by atoms with van der Waals surface area (Å²) in [4.78, 5) is 0. The second-order valence-corrected chi connectivity index (χ2v) is 4.02. The molecule has 4 N–H and O–H groups in total. The molecule has 0 aliphatic heterocycles. The van der Waals surface area contributed by atoms with Crippen LogP contribution in [0.25, 0.3) is 0 Å². The van der Waals surface area contributed by atoms with Crippen molar-refractivity contribution in [3.63, 3.8) is 0 Å². The van der Waals surface area contributed by atoms with Gasteiger partial charge in [-0.2, -0.15) is 0 Å². The maximum absolute atomic E-state index is 9.26. The zero-order valence-electron chi connectivity index (χ0n) is 8.57. The van der Waals surface area contributed by atoms with Crippen molar-refractivity contribution < 1.29 is 10.2 Å². The molecule has 3 heteroatoms. The molecule has 3 nitrogen and oxygen atoms in total. The molecule has 0 amide bonds. The van der Waals surface area contributed by atoms with Gasteiger partial charge in [0, 0.05) is 12.1 Å². The van der Waals surface area contributed by atoms with Gasteiger partial charge in [-0.05, 0) is 30.0 Å². The molecule has 0 saturated heterocycles. The van der Waals surface area contributed by atoms with Crippen molar-refractivity contribution in [2.75, 3.05) is 0 Å². The first-order valence-electron chi connectivity index (χ1n) is 4.77. The van der Waals surface area contributed by atoms with Crippen LogP contribution in [0.4, 0.5) is 0 Å². The molecule has 0 aliphatic carbocycles. The van der Waals surface area contributed by atoms with Crippen LogP contribution >= 0.6 is 0 Å². The summed E-state index contributed by atoms with van der Waals surface area (Å²) >= 11 is 0. The monoisotopic (exact) mass is 195 g/mol. The Hall–Kier alpha value is -1.22. The fraction of sp³-hybridized carbons (Fsp3) is 0.455. The van der Waals surface area contributed by atoms with Crippen LogP contribution in [0.2, 0.25) is 0 Å². The summed E-state index contributed by atoms with van der Waals surface area (Å²) in [5, 5.41) is 18.5. The smallest absolute Gasteiger partial charge is 0.119 e. The maximum Gasteiger partial charge on any atom is 0.119 e. The van der Waals surface area contributed by atoms with E-state index in [-0.39, 0.29) is 17.5 Å². The molecule has 14 heavy (non-hydrogen) atoms. The SMILES string of the molecule is CC(C)C[C@@H](N)c1cc(O)cc(O)c1. The van der Waals surface area contributed by atoms with E-state index in [1.54, 1.807) is 12.1 Å². The number of phenolic OH excluding ortho intramolecular Hbond substituents is 2. The lowest BCUT2D eigenvalue weighted by Gasteiger charge is -2.14. The second-order valence-electron chi connectivity index (χ2n) is 4.02. The van der Waals surface area contributed by atoms with Crippen LogP contribution in [0.1, 0.15) is 31.9 Å². The molecule has 0 bridgehead atoms. The van der Waals surface area contributed by atoms with Crippen molar-refractivity contribution in [3.05, 3.63) is 23.8 Å². The molecule has 0 heterocycles. The van der Waals surface area contributed by atoms with E-state index in [4.69, 9.17) is 5.73 Å². The molecule has 0 aromatic heterocycles. The zero-order chi connectivity index (χ0) is 10.7. The van der Waals surface area contributed by atoms with E-state index in [0.29, 0.717) is 5.92 Å². The van der Waals surface area contributed by atoms with E-state index < -0.39 is 0 Å². The van der Waals surface area contributed by atoms with Gasteiger partial charge < -0.3 is 15.9 Å². The summed E-state index contributed by atoms with van der Waals surface area (Å²) in [5.74, 6) is 0.605. The fourth-order valence-corrected chi connectivity index (χ4v) is 1.48. The Morgan fingerprint density at radius 2 is 1.64 bits per heavy atom. The first-order valence-corrected chi connectivity index (χ1v) is 4.77. The van der Waals surface area contributed by atoms with Crippen LogP contribution in [0, 0.1) is 5.92 Å². The molecule has 1 aromatic carbocycles. The average molecular weight is 195 g/mol. The highest BCUT2D eigenvalue weighted by Gasteiger charge is 2.10. The van der Waals surface area contributed by atoms with Crippen LogP contribution in [0.3, 0.4) is 0 Å². The van der Waals surface area contributed by atoms with Gasteiger partial charge in [0.25, 0.3) is 0 Å². The number of phenols is 2. The molecule has 1 aromatic rings. The highest BCUT2D eigenvalue weighted by Crippen LogP contribution is 2.26. The number of rotatable bonds is 3. The van der Waals surface area contributed by atoms with Gasteiger partial charge in [0.05, 0.1) is 0 Å². The topological polar surface area (TPSA) is 66.5 Å². The van der Waals surface area contributed by atoms with Gasteiger partial charge in [0.15, 0.2) is 0 Å². The van der Waals surface area contributed by atoms with Gasteiger partial charge in [-0.3, -0.25) is 0 Å². The molecule has 78 valence electrons. The Bertz CT molecular complexity index is 290. The number of hydrogen-bond acceptors (Lipinski definition) is 3. The third kappa shape index (κ3) is 2.92. The quantitative estimate of drug-likeness (QED) is 0.692. The Morgan fingerprint density at radius 3 is 2.07 bits per heavy atom. The minimum atomic E-state index is -0.131. The molecule has 0 spiro atoms. The normalized spacial score (nSPS) is 13.1. The zero-order valence-corrected chi connectivity index (χ0v) is 8.57. The van der Waals surface area contributed by atoms with E-state index >= 15 is 0 Å². The Kier molecular flexibility index (Phi) is 3.36. The molecule has 0 aliphatic rings. The Morgan fingerprint density at radius 1 is 1.14 bits per heavy atom. The first kappa shape index (κ1) is 10.9. The predicted octanol–water partition coefficient (Wildman–Crippen LogP) is 2.14. The van der Waals surface area contributed by atoms with E-state index in [0.717, 1.165) is 12.0 Å². The largest absolute Gasteiger partial charge is 0.508 e. The summed E-state index contributed by atoms with van der Waals surface area (Å²) in [6.45, 7) is 4.17. The summed E-state index contributed by atoms with van der Waals surface area (Å²) in [5.41, 5.74) is 6.69. The van der Waals surface area contributed by atoms with Gasteiger partial charge in [-0.25, -0.2) is 0 Å². The van der Waals surface area contributed by atoms with Crippen LogP contribution in [-0.4, -0.2) is 10.2 Å². The van der Waals surface area contributed by atoms with Crippen molar-refractivity contribution in [2.45, 2.75) is 26.3 Å². The molecular formula is C11H17NO2. The van der Waals surface area contributed by atoms with Crippen molar-refractivity contribution in [2.24, 2.45) is 11.7 Å². The molecule has 1 atom stereocenters. The van der Waals surface area contributed by atoms with Crippen LogP contribution < -0.4 is 5.73 Å². The standard InChI is InChI=1S/C11H17NO2/c1-7(2)3-11(12)8-4-9(13)6-10(14)5-8/h4-7,11,13-14H,3,12H2,1-2H3/t11-/m1/s1.